The SMILES string of the molecule is NC(=O)c1ccc(C2CC2N2CCCC2)cc1. The van der Waals surface area contributed by atoms with Gasteiger partial charge in [0.1, 0.15) is 0 Å². The second-order valence-corrected chi connectivity index (χ2v) is 5.14. The van der Waals surface area contributed by atoms with Crippen LogP contribution in [0.4, 0.5) is 0 Å². The molecule has 2 unspecified atom stereocenters. The fourth-order valence-electron chi connectivity index (χ4n) is 2.91. The maximum Gasteiger partial charge on any atom is 0.248 e. The lowest BCUT2D eigenvalue weighted by molar-refractivity contribution is 0.100. The summed E-state index contributed by atoms with van der Waals surface area (Å²) in [4.78, 5) is 13.6. The molecule has 3 nitrogen and oxygen atoms in total. The van der Waals surface area contributed by atoms with Gasteiger partial charge in [0.25, 0.3) is 0 Å². The van der Waals surface area contributed by atoms with Gasteiger partial charge in [-0.2, -0.15) is 0 Å². The summed E-state index contributed by atoms with van der Waals surface area (Å²) in [6, 6.07) is 8.55. The Kier molecular flexibility index (Phi) is 2.63. The summed E-state index contributed by atoms with van der Waals surface area (Å²) in [5, 5.41) is 0. The number of primary amides is 1. The molecule has 2 fully saturated rings. The molecule has 1 amide bonds. The molecule has 2 aliphatic rings. The number of amides is 1. The quantitative estimate of drug-likeness (QED) is 0.859. The van der Waals surface area contributed by atoms with Crippen molar-refractivity contribution in [2.24, 2.45) is 5.73 Å². The zero-order valence-corrected chi connectivity index (χ0v) is 9.93. The molecule has 17 heavy (non-hydrogen) atoms. The smallest absolute Gasteiger partial charge is 0.248 e. The van der Waals surface area contributed by atoms with Gasteiger partial charge in [0, 0.05) is 17.5 Å². The van der Waals surface area contributed by atoms with Gasteiger partial charge in [0.2, 0.25) is 5.91 Å². The van der Waals surface area contributed by atoms with Crippen LogP contribution in [0, 0.1) is 0 Å². The molecular formula is C14H18N2O. The van der Waals surface area contributed by atoms with Gasteiger partial charge in [0.05, 0.1) is 0 Å². The summed E-state index contributed by atoms with van der Waals surface area (Å²) in [7, 11) is 0. The van der Waals surface area contributed by atoms with Gasteiger partial charge in [-0.05, 0) is 50.0 Å². The Balaban J connectivity index is 1.68. The molecule has 1 saturated heterocycles. The van der Waals surface area contributed by atoms with Crippen LogP contribution < -0.4 is 5.73 Å². The van der Waals surface area contributed by atoms with E-state index in [1.165, 1.54) is 37.9 Å². The summed E-state index contributed by atoms with van der Waals surface area (Å²) < 4.78 is 0. The minimum absolute atomic E-state index is 0.344. The van der Waals surface area contributed by atoms with Crippen LogP contribution in [0.25, 0.3) is 0 Å². The first-order valence-electron chi connectivity index (χ1n) is 6.39. The van der Waals surface area contributed by atoms with E-state index in [2.05, 4.69) is 17.0 Å². The van der Waals surface area contributed by atoms with Crippen LogP contribution in [0.1, 0.15) is 41.1 Å². The van der Waals surface area contributed by atoms with Crippen molar-refractivity contribution in [3.8, 4) is 0 Å². The Labute approximate surface area is 102 Å². The normalized spacial score (nSPS) is 28.2. The third-order valence-electron chi connectivity index (χ3n) is 3.99. The lowest BCUT2D eigenvalue weighted by atomic mass is 10.1. The van der Waals surface area contributed by atoms with E-state index in [-0.39, 0.29) is 5.91 Å². The summed E-state index contributed by atoms with van der Waals surface area (Å²) in [6.45, 7) is 2.53. The Hall–Kier alpha value is -1.35. The molecule has 0 bridgehead atoms. The van der Waals surface area contributed by atoms with E-state index in [0.717, 1.165) is 6.04 Å². The summed E-state index contributed by atoms with van der Waals surface area (Å²) in [6.07, 6.45) is 3.98. The highest BCUT2D eigenvalue weighted by Crippen LogP contribution is 2.45. The van der Waals surface area contributed by atoms with Crippen LogP contribution >= 0.6 is 0 Å². The first kappa shape index (κ1) is 10.8. The Morgan fingerprint density at radius 1 is 1.18 bits per heavy atom. The number of carbonyl (C=O) groups excluding carboxylic acids is 1. The van der Waals surface area contributed by atoms with Crippen LogP contribution in [0.15, 0.2) is 24.3 Å². The van der Waals surface area contributed by atoms with Gasteiger partial charge in [-0.1, -0.05) is 12.1 Å². The average Bonchev–Trinajstić information content (AvgIpc) is 2.95. The van der Waals surface area contributed by atoms with E-state index in [4.69, 9.17) is 5.73 Å². The number of nitrogens with two attached hydrogens (primary N) is 1. The zero-order chi connectivity index (χ0) is 11.8. The van der Waals surface area contributed by atoms with Gasteiger partial charge in [0.15, 0.2) is 0 Å². The summed E-state index contributed by atoms with van der Waals surface area (Å²) in [5.74, 6) is 0.332. The van der Waals surface area contributed by atoms with Gasteiger partial charge in [-0.3, -0.25) is 9.69 Å². The molecule has 90 valence electrons. The zero-order valence-electron chi connectivity index (χ0n) is 9.93. The first-order valence-corrected chi connectivity index (χ1v) is 6.39. The number of carbonyl (C=O) groups is 1. The summed E-state index contributed by atoms with van der Waals surface area (Å²) in [5.41, 5.74) is 7.19. The summed E-state index contributed by atoms with van der Waals surface area (Å²) >= 11 is 0. The number of rotatable bonds is 3. The van der Waals surface area contributed by atoms with Crippen LogP contribution in [0.5, 0.6) is 0 Å². The molecule has 0 spiro atoms. The van der Waals surface area contributed by atoms with Gasteiger partial charge in [-0.15, -0.1) is 0 Å². The fraction of sp³-hybridized carbons (Fsp3) is 0.500. The topological polar surface area (TPSA) is 46.3 Å². The van der Waals surface area contributed by atoms with Gasteiger partial charge in [-0.25, -0.2) is 0 Å². The van der Waals surface area contributed by atoms with Crippen LogP contribution in [-0.2, 0) is 0 Å². The third kappa shape index (κ3) is 2.07. The maximum atomic E-state index is 11.0. The van der Waals surface area contributed by atoms with Crippen molar-refractivity contribution in [3.63, 3.8) is 0 Å². The average molecular weight is 230 g/mol. The van der Waals surface area contributed by atoms with E-state index in [1.807, 2.05) is 12.1 Å². The number of hydrogen-bond donors (Lipinski definition) is 1. The first-order chi connectivity index (χ1) is 8.25. The highest BCUT2D eigenvalue weighted by molar-refractivity contribution is 5.92. The molecule has 2 N–H and O–H groups in total. The maximum absolute atomic E-state index is 11.0. The molecule has 1 saturated carbocycles. The predicted octanol–water partition coefficient (Wildman–Crippen LogP) is 1.74. The fourth-order valence-corrected chi connectivity index (χ4v) is 2.91. The lowest BCUT2D eigenvalue weighted by Crippen LogP contribution is -2.22. The predicted molar refractivity (Wildman–Crippen MR) is 66.9 cm³/mol. The molecule has 3 heteroatoms. The molecule has 2 atom stereocenters. The van der Waals surface area contributed by atoms with Crippen molar-refractivity contribution in [2.45, 2.75) is 31.2 Å². The number of likely N-dealkylation sites (tertiary alicyclic amines) is 1. The van der Waals surface area contributed by atoms with Crippen molar-refractivity contribution in [1.29, 1.82) is 0 Å². The van der Waals surface area contributed by atoms with Gasteiger partial charge < -0.3 is 5.73 Å². The van der Waals surface area contributed by atoms with E-state index in [9.17, 15) is 4.79 Å². The molecule has 1 aromatic carbocycles. The van der Waals surface area contributed by atoms with Crippen LogP contribution in [0.3, 0.4) is 0 Å². The molecule has 0 aromatic heterocycles. The molecule has 0 radical (unpaired) electrons. The minimum atomic E-state index is -0.344. The van der Waals surface area contributed by atoms with Crippen molar-refractivity contribution in [1.82, 2.24) is 4.90 Å². The molecule has 1 aromatic rings. The standard InChI is InChI=1S/C14H18N2O/c15-14(17)11-5-3-10(4-6-11)12-9-13(12)16-7-1-2-8-16/h3-6,12-13H,1-2,7-9H2,(H2,15,17). The Morgan fingerprint density at radius 2 is 1.82 bits per heavy atom. The van der Waals surface area contributed by atoms with E-state index >= 15 is 0 Å². The van der Waals surface area contributed by atoms with Crippen molar-refractivity contribution < 1.29 is 4.79 Å². The molecule has 1 aliphatic carbocycles. The van der Waals surface area contributed by atoms with Crippen molar-refractivity contribution in [3.05, 3.63) is 35.4 Å². The van der Waals surface area contributed by atoms with Crippen LogP contribution in [0.2, 0.25) is 0 Å². The van der Waals surface area contributed by atoms with E-state index < -0.39 is 0 Å². The lowest BCUT2D eigenvalue weighted by Gasteiger charge is -2.14. The highest BCUT2D eigenvalue weighted by Gasteiger charge is 2.43. The third-order valence-corrected chi connectivity index (χ3v) is 3.99. The Morgan fingerprint density at radius 3 is 2.41 bits per heavy atom. The second kappa shape index (κ2) is 4.15. The van der Waals surface area contributed by atoms with E-state index in [0.29, 0.717) is 11.5 Å². The molecule has 1 aliphatic heterocycles. The van der Waals surface area contributed by atoms with Crippen LogP contribution in [-0.4, -0.2) is 29.9 Å². The monoisotopic (exact) mass is 230 g/mol. The van der Waals surface area contributed by atoms with E-state index in [1.54, 1.807) is 0 Å². The van der Waals surface area contributed by atoms with Gasteiger partial charge >= 0.3 is 0 Å². The number of hydrogen-bond acceptors (Lipinski definition) is 2. The Bertz CT molecular complexity index is 420. The largest absolute Gasteiger partial charge is 0.366 e. The number of nitrogens with zero attached hydrogens (tertiary/aromatic N) is 1. The van der Waals surface area contributed by atoms with Crippen molar-refractivity contribution in [2.75, 3.05) is 13.1 Å². The molecule has 1 heterocycles. The molecular weight excluding hydrogens is 212 g/mol. The highest BCUT2D eigenvalue weighted by atomic mass is 16.1. The molecule has 3 rings (SSSR count). The second-order valence-electron chi connectivity index (χ2n) is 5.14. The number of benzene rings is 1. The van der Waals surface area contributed by atoms with Crippen molar-refractivity contribution >= 4 is 5.91 Å². The minimum Gasteiger partial charge on any atom is -0.366 e.